The van der Waals surface area contributed by atoms with Crippen LogP contribution in [0.15, 0.2) is 65.1 Å². The van der Waals surface area contributed by atoms with Gasteiger partial charge in [0, 0.05) is 22.8 Å². The minimum atomic E-state index is -0.512. The molecule has 0 aliphatic carbocycles. The van der Waals surface area contributed by atoms with E-state index in [0.717, 1.165) is 0 Å². The zero-order valence-electron chi connectivity index (χ0n) is 15.7. The molecule has 1 heterocycles. The van der Waals surface area contributed by atoms with Crippen LogP contribution in [0.4, 0.5) is 11.4 Å². The van der Waals surface area contributed by atoms with Gasteiger partial charge in [0.25, 0.3) is 11.6 Å². The Morgan fingerprint density at radius 1 is 1.10 bits per heavy atom. The van der Waals surface area contributed by atoms with Gasteiger partial charge in [-0.1, -0.05) is 23.2 Å². The monoisotopic (exact) mass is 457 g/mol. The summed E-state index contributed by atoms with van der Waals surface area (Å²) in [5, 5.41) is 14.3. The number of hydrogen-bond donors (Lipinski definition) is 1. The number of carbonyl (C=O) groups excluding carboxylic acids is 1. The Morgan fingerprint density at radius 2 is 1.87 bits per heavy atom. The molecule has 0 saturated carbocycles. The lowest BCUT2D eigenvalue weighted by Gasteiger charge is -2.07. The van der Waals surface area contributed by atoms with Gasteiger partial charge in [0.15, 0.2) is 12.2 Å². The Morgan fingerprint density at radius 3 is 2.61 bits per heavy atom. The van der Waals surface area contributed by atoms with Crippen LogP contribution < -0.4 is 10.1 Å². The van der Waals surface area contributed by atoms with E-state index in [1.54, 1.807) is 36.4 Å². The second-order valence-corrected chi connectivity index (χ2v) is 7.26. The van der Waals surface area contributed by atoms with E-state index in [1.165, 1.54) is 24.3 Å². The number of nitrogens with one attached hydrogen (secondary N) is 1. The van der Waals surface area contributed by atoms with Gasteiger partial charge in [0.05, 0.1) is 15.5 Å². The highest BCUT2D eigenvalue weighted by molar-refractivity contribution is 6.35. The Hall–Kier alpha value is -3.62. The minimum Gasteiger partial charge on any atom is -0.484 e. The van der Waals surface area contributed by atoms with Crippen LogP contribution in [0.5, 0.6) is 5.75 Å². The highest BCUT2D eigenvalue weighted by atomic mass is 35.5. The van der Waals surface area contributed by atoms with E-state index in [0.29, 0.717) is 44.0 Å². The summed E-state index contributed by atoms with van der Waals surface area (Å²) >= 11 is 12.2. The SMILES string of the molecule is O=C(COc1ccc([N+](=O)[O-])cc1)Nc1ccc2oc(-c3cc(Cl)ccc3Cl)nc2c1. The lowest BCUT2D eigenvalue weighted by atomic mass is 10.2. The molecule has 31 heavy (non-hydrogen) atoms. The Bertz CT molecular complexity index is 1290. The molecule has 1 amide bonds. The van der Waals surface area contributed by atoms with Gasteiger partial charge >= 0.3 is 0 Å². The number of benzene rings is 3. The van der Waals surface area contributed by atoms with Crippen molar-refractivity contribution in [3.05, 3.63) is 80.8 Å². The van der Waals surface area contributed by atoms with Crippen molar-refractivity contribution in [3.8, 4) is 17.2 Å². The summed E-state index contributed by atoms with van der Waals surface area (Å²) in [6, 6.07) is 15.4. The molecule has 1 aromatic heterocycles. The van der Waals surface area contributed by atoms with Crippen LogP contribution >= 0.6 is 23.2 Å². The Balaban J connectivity index is 1.44. The predicted octanol–water partition coefficient (Wildman–Crippen LogP) is 5.73. The fourth-order valence-corrected chi connectivity index (χ4v) is 3.16. The third-order valence-corrected chi connectivity index (χ3v) is 4.81. The largest absolute Gasteiger partial charge is 0.484 e. The molecule has 0 unspecified atom stereocenters. The predicted molar refractivity (Wildman–Crippen MR) is 117 cm³/mol. The van der Waals surface area contributed by atoms with Crippen molar-refractivity contribution in [2.75, 3.05) is 11.9 Å². The van der Waals surface area contributed by atoms with E-state index in [-0.39, 0.29) is 12.3 Å². The molecule has 0 spiro atoms. The molecule has 4 rings (SSSR count). The molecule has 0 aliphatic rings. The summed E-state index contributed by atoms with van der Waals surface area (Å²) in [4.78, 5) is 26.8. The van der Waals surface area contributed by atoms with Crippen LogP contribution in [-0.2, 0) is 4.79 Å². The lowest BCUT2D eigenvalue weighted by Crippen LogP contribution is -2.20. The van der Waals surface area contributed by atoms with Crippen LogP contribution in [0.25, 0.3) is 22.6 Å². The minimum absolute atomic E-state index is 0.0591. The van der Waals surface area contributed by atoms with Crippen molar-refractivity contribution in [3.63, 3.8) is 0 Å². The molecule has 0 atom stereocenters. The number of hydrogen-bond acceptors (Lipinski definition) is 6. The number of carbonyl (C=O) groups is 1. The smallest absolute Gasteiger partial charge is 0.269 e. The molecule has 3 aromatic carbocycles. The van der Waals surface area contributed by atoms with E-state index in [1.807, 2.05) is 0 Å². The molecular formula is C21H13Cl2N3O5. The first-order chi connectivity index (χ1) is 14.9. The number of halogens is 2. The zero-order chi connectivity index (χ0) is 22.0. The summed E-state index contributed by atoms with van der Waals surface area (Å²) in [5.41, 5.74) is 2.05. The quantitative estimate of drug-likeness (QED) is 0.292. The van der Waals surface area contributed by atoms with E-state index in [4.69, 9.17) is 32.4 Å². The fraction of sp³-hybridized carbons (Fsp3) is 0.0476. The van der Waals surface area contributed by atoms with Crippen molar-refractivity contribution < 1.29 is 18.9 Å². The molecular weight excluding hydrogens is 445 g/mol. The van der Waals surface area contributed by atoms with Gasteiger partial charge in [-0.05, 0) is 48.5 Å². The van der Waals surface area contributed by atoms with Crippen molar-refractivity contribution in [1.29, 1.82) is 0 Å². The molecule has 0 aliphatic heterocycles. The summed E-state index contributed by atoms with van der Waals surface area (Å²) in [6.45, 7) is -0.266. The first kappa shape index (κ1) is 20.6. The molecule has 0 radical (unpaired) electrons. The van der Waals surface area contributed by atoms with Crippen LogP contribution in [0.1, 0.15) is 0 Å². The van der Waals surface area contributed by atoms with E-state index in [9.17, 15) is 14.9 Å². The maximum Gasteiger partial charge on any atom is 0.269 e. The molecule has 0 fully saturated rings. The number of anilines is 1. The van der Waals surface area contributed by atoms with Crippen molar-refractivity contribution in [2.45, 2.75) is 0 Å². The van der Waals surface area contributed by atoms with Gasteiger partial charge < -0.3 is 14.5 Å². The maximum absolute atomic E-state index is 12.2. The van der Waals surface area contributed by atoms with Crippen molar-refractivity contribution >= 4 is 51.6 Å². The second kappa shape index (κ2) is 8.63. The highest BCUT2D eigenvalue weighted by Crippen LogP contribution is 2.32. The summed E-state index contributed by atoms with van der Waals surface area (Å²) in [7, 11) is 0. The Labute approximate surface area is 185 Å². The summed E-state index contributed by atoms with van der Waals surface area (Å²) in [5.74, 6) is 0.252. The summed E-state index contributed by atoms with van der Waals surface area (Å²) < 4.78 is 11.1. The third-order valence-electron chi connectivity index (χ3n) is 4.25. The number of aromatic nitrogens is 1. The molecule has 4 aromatic rings. The molecule has 156 valence electrons. The van der Waals surface area contributed by atoms with Gasteiger partial charge in [-0.2, -0.15) is 0 Å². The fourth-order valence-electron chi connectivity index (χ4n) is 2.79. The average molecular weight is 458 g/mol. The van der Waals surface area contributed by atoms with Crippen LogP contribution in [0, 0.1) is 10.1 Å². The molecule has 1 N–H and O–H groups in total. The maximum atomic E-state index is 12.2. The third kappa shape index (κ3) is 4.76. The van der Waals surface area contributed by atoms with E-state index in [2.05, 4.69) is 10.3 Å². The van der Waals surface area contributed by atoms with Gasteiger partial charge in [-0.25, -0.2) is 4.98 Å². The number of amides is 1. The molecule has 0 bridgehead atoms. The number of nitrogens with zero attached hydrogens (tertiary/aromatic N) is 2. The van der Waals surface area contributed by atoms with Gasteiger partial charge in [-0.15, -0.1) is 0 Å². The zero-order valence-corrected chi connectivity index (χ0v) is 17.2. The average Bonchev–Trinajstić information content (AvgIpc) is 3.17. The van der Waals surface area contributed by atoms with E-state index < -0.39 is 10.8 Å². The van der Waals surface area contributed by atoms with Crippen LogP contribution in [0.2, 0.25) is 10.0 Å². The molecule has 10 heteroatoms. The molecule has 0 saturated heterocycles. The lowest BCUT2D eigenvalue weighted by molar-refractivity contribution is -0.384. The van der Waals surface area contributed by atoms with Gasteiger partial charge in [0.2, 0.25) is 5.89 Å². The van der Waals surface area contributed by atoms with Crippen molar-refractivity contribution in [1.82, 2.24) is 4.98 Å². The molecule has 8 nitrogen and oxygen atoms in total. The highest BCUT2D eigenvalue weighted by Gasteiger charge is 2.14. The number of non-ortho nitro benzene ring substituents is 1. The number of oxazole rings is 1. The number of rotatable bonds is 6. The first-order valence-corrected chi connectivity index (χ1v) is 9.68. The second-order valence-electron chi connectivity index (χ2n) is 6.41. The number of ether oxygens (including phenoxy) is 1. The Kier molecular flexibility index (Phi) is 5.75. The first-order valence-electron chi connectivity index (χ1n) is 8.92. The standard InChI is InChI=1S/C21H13Cl2N3O5/c22-12-1-7-17(23)16(9-12)21-25-18-10-13(2-8-19(18)31-21)24-20(27)11-30-15-5-3-14(4-6-15)26(28)29/h1-10H,11H2,(H,24,27). The normalized spacial score (nSPS) is 10.8. The topological polar surface area (TPSA) is 108 Å². The van der Waals surface area contributed by atoms with E-state index >= 15 is 0 Å². The van der Waals surface area contributed by atoms with Crippen LogP contribution in [-0.4, -0.2) is 22.4 Å². The van der Waals surface area contributed by atoms with Crippen LogP contribution in [0.3, 0.4) is 0 Å². The van der Waals surface area contributed by atoms with Crippen molar-refractivity contribution in [2.24, 2.45) is 0 Å². The summed E-state index contributed by atoms with van der Waals surface area (Å²) in [6.07, 6.45) is 0. The number of nitro groups is 1. The number of fused-ring (bicyclic) bond motifs is 1. The van der Waals surface area contributed by atoms with Gasteiger partial charge in [0.1, 0.15) is 11.3 Å². The van der Waals surface area contributed by atoms with Gasteiger partial charge in [-0.3, -0.25) is 14.9 Å². The number of nitro benzene ring substituents is 1.